The van der Waals surface area contributed by atoms with Gasteiger partial charge in [0, 0.05) is 13.5 Å². The number of hydrogen-bond acceptors (Lipinski definition) is 2. The summed E-state index contributed by atoms with van der Waals surface area (Å²) in [5.74, 6) is 1.51. The van der Waals surface area contributed by atoms with Crippen LogP contribution in [0.25, 0.3) is 0 Å². The number of nitriles is 1. The van der Waals surface area contributed by atoms with Crippen molar-refractivity contribution < 1.29 is 0 Å². The van der Waals surface area contributed by atoms with E-state index in [4.69, 9.17) is 5.26 Å². The second-order valence-corrected chi connectivity index (χ2v) is 4.19. The topological polar surface area (TPSA) is 41.6 Å². The summed E-state index contributed by atoms with van der Waals surface area (Å²) >= 11 is 3.26. The third kappa shape index (κ3) is 2.10. The Morgan fingerprint density at radius 1 is 1.62 bits per heavy atom. The van der Waals surface area contributed by atoms with Gasteiger partial charge in [-0.1, -0.05) is 13.8 Å². The first-order valence-electron chi connectivity index (χ1n) is 4.17. The molecule has 0 saturated heterocycles. The SMILES string of the molecule is CC(C)Cc1nc(Br)c(C#N)n1C. The van der Waals surface area contributed by atoms with Crippen molar-refractivity contribution in [3.8, 4) is 6.07 Å². The lowest BCUT2D eigenvalue weighted by atomic mass is 10.1. The van der Waals surface area contributed by atoms with Crippen LogP contribution in [-0.2, 0) is 13.5 Å². The first-order valence-corrected chi connectivity index (χ1v) is 4.96. The van der Waals surface area contributed by atoms with Gasteiger partial charge in [0.1, 0.15) is 16.5 Å². The van der Waals surface area contributed by atoms with Gasteiger partial charge in [0.15, 0.2) is 5.69 Å². The van der Waals surface area contributed by atoms with Crippen molar-refractivity contribution in [2.45, 2.75) is 20.3 Å². The van der Waals surface area contributed by atoms with Gasteiger partial charge in [-0.15, -0.1) is 0 Å². The van der Waals surface area contributed by atoms with Crippen LogP contribution >= 0.6 is 15.9 Å². The molecule has 0 aromatic carbocycles. The van der Waals surface area contributed by atoms with Gasteiger partial charge in [-0.25, -0.2) is 4.98 Å². The van der Waals surface area contributed by atoms with Gasteiger partial charge in [-0.2, -0.15) is 5.26 Å². The number of imidazole rings is 1. The van der Waals surface area contributed by atoms with Gasteiger partial charge in [-0.3, -0.25) is 0 Å². The molecule has 0 saturated carbocycles. The van der Waals surface area contributed by atoms with E-state index in [1.807, 2.05) is 11.6 Å². The predicted octanol–water partition coefficient (Wildman–Crippen LogP) is 2.25. The van der Waals surface area contributed by atoms with Crippen LogP contribution in [-0.4, -0.2) is 9.55 Å². The first-order chi connectivity index (χ1) is 6.06. The lowest BCUT2D eigenvalue weighted by Gasteiger charge is -2.03. The minimum Gasteiger partial charge on any atom is -0.322 e. The molecule has 3 nitrogen and oxygen atoms in total. The summed E-state index contributed by atoms with van der Waals surface area (Å²) in [5.41, 5.74) is 0.593. The summed E-state index contributed by atoms with van der Waals surface area (Å²) < 4.78 is 2.48. The van der Waals surface area contributed by atoms with Gasteiger partial charge in [0.25, 0.3) is 0 Å². The standard InChI is InChI=1S/C9H12BrN3/c1-6(2)4-8-12-9(10)7(5-11)13(8)3/h6H,4H2,1-3H3. The summed E-state index contributed by atoms with van der Waals surface area (Å²) in [5, 5.41) is 8.81. The number of halogens is 1. The minimum atomic E-state index is 0.555. The van der Waals surface area contributed by atoms with Crippen molar-refractivity contribution >= 4 is 15.9 Å². The zero-order valence-electron chi connectivity index (χ0n) is 8.00. The van der Waals surface area contributed by atoms with Crippen molar-refractivity contribution in [2.75, 3.05) is 0 Å². The van der Waals surface area contributed by atoms with Crippen LogP contribution in [0.4, 0.5) is 0 Å². The molecule has 0 bridgehead atoms. The molecular formula is C9H12BrN3. The Morgan fingerprint density at radius 3 is 2.62 bits per heavy atom. The van der Waals surface area contributed by atoms with Crippen molar-refractivity contribution in [1.82, 2.24) is 9.55 Å². The molecule has 0 atom stereocenters. The minimum absolute atomic E-state index is 0.555. The first kappa shape index (κ1) is 10.3. The second-order valence-electron chi connectivity index (χ2n) is 3.44. The Balaban J connectivity index is 3.05. The monoisotopic (exact) mass is 241 g/mol. The van der Waals surface area contributed by atoms with Crippen LogP contribution in [0.2, 0.25) is 0 Å². The molecule has 1 heterocycles. The van der Waals surface area contributed by atoms with E-state index in [2.05, 4.69) is 40.8 Å². The molecule has 0 radical (unpaired) electrons. The van der Waals surface area contributed by atoms with Crippen LogP contribution in [0.1, 0.15) is 25.4 Å². The van der Waals surface area contributed by atoms with E-state index >= 15 is 0 Å². The maximum atomic E-state index is 8.81. The fourth-order valence-corrected chi connectivity index (χ4v) is 1.74. The molecule has 1 aromatic rings. The number of nitrogens with zero attached hydrogens (tertiary/aromatic N) is 3. The molecule has 1 aromatic heterocycles. The summed E-state index contributed by atoms with van der Waals surface area (Å²) in [4.78, 5) is 4.28. The Kier molecular flexibility index (Phi) is 3.10. The van der Waals surface area contributed by atoms with Gasteiger partial charge in [0.2, 0.25) is 0 Å². The molecule has 0 aliphatic carbocycles. The Hall–Kier alpha value is -0.820. The Morgan fingerprint density at radius 2 is 2.23 bits per heavy atom. The molecule has 13 heavy (non-hydrogen) atoms. The summed E-state index contributed by atoms with van der Waals surface area (Å²) in [6.45, 7) is 4.27. The van der Waals surface area contributed by atoms with Gasteiger partial charge in [-0.05, 0) is 21.8 Å². The molecule has 0 spiro atoms. The van der Waals surface area contributed by atoms with Gasteiger partial charge in [0.05, 0.1) is 0 Å². The number of rotatable bonds is 2. The van der Waals surface area contributed by atoms with E-state index in [0.717, 1.165) is 12.2 Å². The van der Waals surface area contributed by atoms with E-state index in [-0.39, 0.29) is 0 Å². The maximum Gasteiger partial charge on any atom is 0.154 e. The summed E-state index contributed by atoms with van der Waals surface area (Å²) in [6.07, 6.45) is 0.900. The molecule has 0 fully saturated rings. The Labute approximate surface area is 86.5 Å². The molecule has 0 unspecified atom stereocenters. The van der Waals surface area contributed by atoms with Gasteiger partial charge < -0.3 is 4.57 Å². The average molecular weight is 242 g/mol. The lowest BCUT2D eigenvalue weighted by molar-refractivity contribution is 0.601. The van der Waals surface area contributed by atoms with E-state index in [9.17, 15) is 0 Å². The fourth-order valence-electron chi connectivity index (χ4n) is 1.18. The Bertz CT molecular complexity index is 346. The zero-order chi connectivity index (χ0) is 10.0. The second kappa shape index (κ2) is 3.93. The number of hydrogen-bond donors (Lipinski definition) is 0. The molecule has 0 aliphatic rings. The van der Waals surface area contributed by atoms with E-state index in [1.54, 1.807) is 0 Å². The van der Waals surface area contributed by atoms with Crippen LogP contribution in [0.3, 0.4) is 0 Å². The highest BCUT2D eigenvalue weighted by molar-refractivity contribution is 9.10. The van der Waals surface area contributed by atoms with Crippen molar-refractivity contribution in [3.63, 3.8) is 0 Å². The van der Waals surface area contributed by atoms with Crippen LogP contribution < -0.4 is 0 Å². The molecule has 0 aliphatic heterocycles. The highest BCUT2D eigenvalue weighted by Gasteiger charge is 2.12. The average Bonchev–Trinajstić information content (AvgIpc) is 2.26. The third-order valence-corrected chi connectivity index (χ3v) is 2.39. The highest BCUT2D eigenvalue weighted by atomic mass is 79.9. The molecule has 4 heteroatoms. The fraction of sp³-hybridized carbons (Fsp3) is 0.556. The number of aromatic nitrogens is 2. The molecule has 1 rings (SSSR count). The van der Waals surface area contributed by atoms with E-state index in [1.165, 1.54) is 0 Å². The third-order valence-electron chi connectivity index (χ3n) is 1.84. The van der Waals surface area contributed by atoms with Gasteiger partial charge >= 0.3 is 0 Å². The zero-order valence-corrected chi connectivity index (χ0v) is 9.59. The van der Waals surface area contributed by atoms with Crippen molar-refractivity contribution in [1.29, 1.82) is 5.26 Å². The van der Waals surface area contributed by atoms with Crippen LogP contribution in [0.15, 0.2) is 4.60 Å². The quantitative estimate of drug-likeness (QED) is 0.798. The molecular weight excluding hydrogens is 230 g/mol. The molecule has 0 N–H and O–H groups in total. The normalized spacial score (nSPS) is 10.5. The van der Waals surface area contributed by atoms with Crippen molar-refractivity contribution in [3.05, 3.63) is 16.1 Å². The molecule has 0 amide bonds. The van der Waals surface area contributed by atoms with E-state index < -0.39 is 0 Å². The smallest absolute Gasteiger partial charge is 0.154 e. The highest BCUT2D eigenvalue weighted by Crippen LogP contribution is 2.17. The maximum absolute atomic E-state index is 8.81. The predicted molar refractivity (Wildman–Crippen MR) is 54.2 cm³/mol. The van der Waals surface area contributed by atoms with Crippen LogP contribution in [0, 0.1) is 17.2 Å². The van der Waals surface area contributed by atoms with Crippen molar-refractivity contribution in [2.24, 2.45) is 13.0 Å². The molecule has 70 valence electrons. The van der Waals surface area contributed by atoms with Crippen LogP contribution in [0.5, 0.6) is 0 Å². The summed E-state index contributed by atoms with van der Waals surface area (Å²) in [7, 11) is 1.87. The largest absolute Gasteiger partial charge is 0.322 e. The lowest BCUT2D eigenvalue weighted by Crippen LogP contribution is -2.03. The van der Waals surface area contributed by atoms with E-state index in [0.29, 0.717) is 16.2 Å². The summed E-state index contributed by atoms with van der Waals surface area (Å²) in [6, 6.07) is 2.11.